The van der Waals surface area contributed by atoms with Gasteiger partial charge in [0.1, 0.15) is 5.70 Å². The zero-order valence-corrected chi connectivity index (χ0v) is 22.5. The monoisotopic (exact) mass is 493 g/mol. The number of nitriles is 1. The summed E-state index contributed by atoms with van der Waals surface area (Å²) in [6.45, 7) is 14.7. The van der Waals surface area contributed by atoms with Crippen LogP contribution in [0.3, 0.4) is 0 Å². The number of carboxylic acid groups (broad SMARTS) is 1. The summed E-state index contributed by atoms with van der Waals surface area (Å²) < 4.78 is 6.34. The zero-order valence-electron chi connectivity index (χ0n) is 20.7. The Bertz CT molecular complexity index is 827. The smallest absolute Gasteiger partial charge is 0.353 e. The van der Waals surface area contributed by atoms with Crippen molar-refractivity contribution in [3.63, 3.8) is 0 Å². The molecule has 3 aliphatic rings. The Kier molecular flexibility index (Phi) is 8.36. The van der Waals surface area contributed by atoms with Gasteiger partial charge >= 0.3 is 5.97 Å². The second-order valence-corrected chi connectivity index (χ2v) is 16.9. The molecule has 1 amide bonds. The standard InChI is InChI=1S/C24H39N3O4SSi/c1-24(2,3)33(4,5)31-15-10-18-19-17(9-14-26-12-6-7-13-26)21(32-16-8-11-25)20(23(29)30)27(19)22(18)28/h17-19H,6-10,12-16H2,1-5H3,(H,29,30)/t17-,18+,19-/m1/s1. The summed E-state index contributed by atoms with van der Waals surface area (Å²) in [6.07, 6.45) is 4.27. The summed E-state index contributed by atoms with van der Waals surface area (Å²) in [5, 5.41) is 19.1. The number of hydrogen-bond acceptors (Lipinski definition) is 6. The largest absolute Gasteiger partial charge is 0.477 e. The Hall–Kier alpha value is -1.34. The van der Waals surface area contributed by atoms with Gasteiger partial charge in [0.2, 0.25) is 5.91 Å². The third kappa shape index (κ3) is 5.50. The maximum atomic E-state index is 13.1. The van der Waals surface area contributed by atoms with Crippen molar-refractivity contribution >= 4 is 32.0 Å². The van der Waals surface area contributed by atoms with Crippen molar-refractivity contribution in [2.75, 3.05) is 32.0 Å². The number of likely N-dealkylation sites (tertiary alicyclic amines) is 1. The van der Waals surface area contributed by atoms with Crippen molar-refractivity contribution in [3.8, 4) is 6.07 Å². The highest BCUT2D eigenvalue weighted by atomic mass is 32.2. The quantitative estimate of drug-likeness (QED) is 0.261. The predicted octanol–water partition coefficient (Wildman–Crippen LogP) is 4.28. The van der Waals surface area contributed by atoms with Gasteiger partial charge in [-0.1, -0.05) is 20.8 Å². The highest BCUT2D eigenvalue weighted by molar-refractivity contribution is 8.03. The third-order valence-corrected chi connectivity index (χ3v) is 13.6. The molecule has 9 heteroatoms. The number of hydrogen-bond donors (Lipinski definition) is 1. The van der Waals surface area contributed by atoms with Gasteiger partial charge in [-0.05, 0) is 63.4 Å². The first-order chi connectivity index (χ1) is 15.5. The molecule has 2 fully saturated rings. The van der Waals surface area contributed by atoms with Crippen LogP contribution in [0.4, 0.5) is 0 Å². The first-order valence-corrected chi connectivity index (χ1v) is 16.1. The molecule has 0 aliphatic carbocycles. The van der Waals surface area contributed by atoms with E-state index in [1.807, 2.05) is 0 Å². The van der Waals surface area contributed by atoms with Crippen molar-refractivity contribution in [2.24, 2.45) is 11.8 Å². The summed E-state index contributed by atoms with van der Waals surface area (Å²) in [5.74, 6) is -0.736. The van der Waals surface area contributed by atoms with E-state index < -0.39 is 14.3 Å². The fourth-order valence-electron chi connectivity index (χ4n) is 4.91. The van der Waals surface area contributed by atoms with Gasteiger partial charge in [-0.3, -0.25) is 4.79 Å². The van der Waals surface area contributed by atoms with Gasteiger partial charge in [0.05, 0.1) is 18.0 Å². The van der Waals surface area contributed by atoms with Gasteiger partial charge in [-0.15, -0.1) is 11.8 Å². The van der Waals surface area contributed by atoms with E-state index in [1.54, 1.807) is 4.90 Å². The van der Waals surface area contributed by atoms with Crippen LogP contribution in [0.1, 0.15) is 52.9 Å². The van der Waals surface area contributed by atoms with Crippen LogP contribution >= 0.6 is 11.8 Å². The molecule has 2 saturated heterocycles. The number of amides is 1. The second kappa shape index (κ2) is 10.5. The van der Waals surface area contributed by atoms with Crippen LogP contribution in [0.2, 0.25) is 18.1 Å². The molecule has 1 N–H and O–H groups in total. The average molecular weight is 494 g/mol. The zero-order chi connectivity index (χ0) is 24.4. The van der Waals surface area contributed by atoms with E-state index in [0.717, 1.165) is 31.0 Å². The summed E-state index contributed by atoms with van der Waals surface area (Å²) >= 11 is 1.46. The average Bonchev–Trinajstić information content (AvgIpc) is 3.33. The lowest BCUT2D eigenvalue weighted by molar-refractivity contribution is -0.157. The van der Waals surface area contributed by atoms with Crippen molar-refractivity contribution in [1.82, 2.24) is 9.80 Å². The van der Waals surface area contributed by atoms with E-state index in [-0.39, 0.29) is 34.5 Å². The van der Waals surface area contributed by atoms with Crippen LogP contribution in [0.5, 0.6) is 0 Å². The van der Waals surface area contributed by atoms with Gasteiger partial charge < -0.3 is 19.3 Å². The lowest BCUT2D eigenvalue weighted by Crippen LogP contribution is -2.61. The molecule has 3 rings (SSSR count). The number of aliphatic carboxylic acids is 1. The Labute approximate surface area is 203 Å². The SMILES string of the molecule is CC(C)(C)[Si](C)(C)OCC[C@@H]1C(=O)N2C(C(=O)O)=C(SCCC#N)[C@H](CCN3CCCC3)[C@H]12. The minimum Gasteiger partial charge on any atom is -0.477 e. The number of carboxylic acids is 1. The number of nitrogens with zero attached hydrogens (tertiary/aromatic N) is 3. The van der Waals surface area contributed by atoms with E-state index in [0.29, 0.717) is 25.2 Å². The number of fused-ring (bicyclic) bond motifs is 1. The van der Waals surface area contributed by atoms with Crippen molar-refractivity contribution in [3.05, 3.63) is 10.6 Å². The first kappa shape index (κ1) is 26.3. The Morgan fingerprint density at radius 2 is 1.91 bits per heavy atom. The highest BCUT2D eigenvalue weighted by Gasteiger charge is 2.59. The third-order valence-electron chi connectivity index (χ3n) is 7.82. The summed E-state index contributed by atoms with van der Waals surface area (Å²) in [4.78, 5) is 30.1. The van der Waals surface area contributed by atoms with E-state index in [1.165, 1.54) is 24.6 Å². The number of thioether (sulfide) groups is 1. The molecule has 184 valence electrons. The van der Waals surface area contributed by atoms with Gasteiger partial charge in [-0.2, -0.15) is 5.26 Å². The maximum Gasteiger partial charge on any atom is 0.353 e. The molecule has 7 nitrogen and oxygen atoms in total. The van der Waals surface area contributed by atoms with Gasteiger partial charge in [-0.25, -0.2) is 4.79 Å². The number of rotatable bonds is 11. The van der Waals surface area contributed by atoms with Crippen LogP contribution < -0.4 is 0 Å². The lowest BCUT2D eigenvalue weighted by atomic mass is 9.78. The highest BCUT2D eigenvalue weighted by Crippen LogP contribution is 2.52. The van der Waals surface area contributed by atoms with Crippen LogP contribution in [-0.2, 0) is 14.0 Å². The number of carbonyl (C=O) groups excluding carboxylic acids is 1. The normalized spacial score (nSPS) is 25.9. The first-order valence-electron chi connectivity index (χ1n) is 12.2. The molecule has 33 heavy (non-hydrogen) atoms. The minimum absolute atomic E-state index is 0.0240. The minimum atomic E-state index is -1.90. The molecule has 0 aromatic carbocycles. The molecular formula is C24H39N3O4SSi. The van der Waals surface area contributed by atoms with E-state index in [2.05, 4.69) is 44.8 Å². The van der Waals surface area contributed by atoms with E-state index >= 15 is 0 Å². The number of β-lactam (4-membered cyclic amide) rings is 1. The number of carbonyl (C=O) groups is 2. The van der Waals surface area contributed by atoms with E-state index in [9.17, 15) is 14.7 Å². The summed E-state index contributed by atoms with van der Waals surface area (Å²) in [6, 6.07) is 2.05. The molecule has 0 aromatic rings. The van der Waals surface area contributed by atoms with Gasteiger partial charge in [0.15, 0.2) is 8.32 Å². The van der Waals surface area contributed by atoms with Crippen molar-refractivity contribution in [1.29, 1.82) is 5.26 Å². The lowest BCUT2D eigenvalue weighted by Gasteiger charge is -2.46. The Balaban J connectivity index is 1.75. The van der Waals surface area contributed by atoms with Crippen LogP contribution in [0.15, 0.2) is 10.6 Å². The molecule has 0 saturated carbocycles. The molecule has 3 aliphatic heterocycles. The maximum absolute atomic E-state index is 13.1. The fourth-order valence-corrected chi connectivity index (χ4v) is 7.18. The predicted molar refractivity (Wildman–Crippen MR) is 133 cm³/mol. The summed E-state index contributed by atoms with van der Waals surface area (Å²) in [7, 11) is -1.90. The molecule has 0 aromatic heterocycles. The van der Waals surface area contributed by atoms with Crippen molar-refractivity contribution in [2.45, 2.75) is 77.0 Å². The Morgan fingerprint density at radius 3 is 2.48 bits per heavy atom. The summed E-state index contributed by atoms with van der Waals surface area (Å²) in [5.41, 5.74) is 0.154. The molecule has 0 unspecified atom stereocenters. The second-order valence-electron chi connectivity index (χ2n) is 10.9. The molecular weight excluding hydrogens is 454 g/mol. The van der Waals surface area contributed by atoms with E-state index in [4.69, 9.17) is 9.69 Å². The Morgan fingerprint density at radius 1 is 1.24 bits per heavy atom. The fraction of sp³-hybridized carbons (Fsp3) is 0.792. The molecule has 0 radical (unpaired) electrons. The van der Waals surface area contributed by atoms with Crippen LogP contribution in [0.25, 0.3) is 0 Å². The van der Waals surface area contributed by atoms with Gasteiger partial charge in [0, 0.05) is 29.6 Å². The topological polar surface area (TPSA) is 93.9 Å². The van der Waals surface area contributed by atoms with Gasteiger partial charge in [0.25, 0.3) is 0 Å². The van der Waals surface area contributed by atoms with Crippen molar-refractivity contribution < 1.29 is 19.1 Å². The molecule has 3 heterocycles. The molecule has 0 spiro atoms. The molecule has 0 bridgehead atoms. The molecule has 3 atom stereocenters. The van der Waals surface area contributed by atoms with Crippen LogP contribution in [-0.4, -0.2) is 73.1 Å². The van der Waals surface area contributed by atoms with Crippen LogP contribution in [0, 0.1) is 23.2 Å².